The third-order valence-electron chi connectivity index (χ3n) is 2.50. The van der Waals surface area contributed by atoms with Crippen molar-refractivity contribution in [3.8, 4) is 0 Å². The van der Waals surface area contributed by atoms with Crippen LogP contribution in [0.1, 0.15) is 25.6 Å². The van der Waals surface area contributed by atoms with Crippen molar-refractivity contribution in [1.82, 2.24) is 5.32 Å². The maximum absolute atomic E-state index is 11.7. The zero-order valence-electron chi connectivity index (χ0n) is 10.1. The summed E-state index contributed by atoms with van der Waals surface area (Å²) >= 11 is 1.71. The van der Waals surface area contributed by atoms with E-state index in [0.29, 0.717) is 0 Å². The van der Waals surface area contributed by atoms with Crippen molar-refractivity contribution in [3.63, 3.8) is 0 Å². The van der Waals surface area contributed by atoms with Crippen LogP contribution >= 0.6 is 11.3 Å². The van der Waals surface area contributed by atoms with Crippen LogP contribution in [0, 0.1) is 5.92 Å². The lowest BCUT2D eigenvalue weighted by Gasteiger charge is -2.19. The monoisotopic (exact) mass is 240 g/mol. The first-order valence-corrected chi connectivity index (χ1v) is 6.47. The average molecular weight is 240 g/mol. The molecule has 3 N–H and O–H groups in total. The first kappa shape index (κ1) is 13.2. The maximum atomic E-state index is 11.7. The summed E-state index contributed by atoms with van der Waals surface area (Å²) in [5, 5.41) is 4.99. The highest BCUT2D eigenvalue weighted by molar-refractivity contribution is 7.09. The molecule has 1 rings (SSSR count). The molecule has 90 valence electrons. The van der Waals surface area contributed by atoms with Gasteiger partial charge in [-0.1, -0.05) is 19.9 Å². The molecule has 0 saturated carbocycles. The van der Waals surface area contributed by atoms with Gasteiger partial charge in [-0.15, -0.1) is 11.3 Å². The summed E-state index contributed by atoms with van der Waals surface area (Å²) in [6, 6.07) is 3.83. The fourth-order valence-corrected chi connectivity index (χ4v) is 2.26. The van der Waals surface area contributed by atoms with Gasteiger partial charge < -0.3 is 11.1 Å². The molecule has 1 aromatic heterocycles. The lowest BCUT2D eigenvalue weighted by atomic mass is 10.0. The third kappa shape index (κ3) is 3.94. The van der Waals surface area contributed by atoms with Crippen molar-refractivity contribution in [2.45, 2.75) is 39.3 Å². The Balaban J connectivity index is 2.39. The number of carbonyl (C=O) groups excluding carboxylic acids is 1. The summed E-state index contributed by atoms with van der Waals surface area (Å²) in [6.07, 6.45) is 0.869. The smallest absolute Gasteiger partial charge is 0.237 e. The number of nitrogens with one attached hydrogen (secondary N) is 1. The van der Waals surface area contributed by atoms with E-state index in [1.165, 1.54) is 4.88 Å². The highest BCUT2D eigenvalue weighted by Gasteiger charge is 2.18. The summed E-state index contributed by atoms with van der Waals surface area (Å²) in [5.74, 6) is 0.119. The Morgan fingerprint density at radius 2 is 2.19 bits per heavy atom. The van der Waals surface area contributed by atoms with E-state index < -0.39 is 6.04 Å². The number of amides is 1. The van der Waals surface area contributed by atoms with Crippen LogP contribution in [-0.4, -0.2) is 18.0 Å². The van der Waals surface area contributed by atoms with Crippen LogP contribution in [0.15, 0.2) is 17.5 Å². The highest BCUT2D eigenvalue weighted by Crippen LogP contribution is 2.11. The Hall–Kier alpha value is -0.870. The number of nitrogens with two attached hydrogens (primary N) is 1. The van der Waals surface area contributed by atoms with Gasteiger partial charge >= 0.3 is 0 Å². The van der Waals surface area contributed by atoms with Gasteiger partial charge in [0.05, 0.1) is 6.04 Å². The predicted molar refractivity (Wildman–Crippen MR) is 68.4 cm³/mol. The number of thiophene rings is 1. The van der Waals surface area contributed by atoms with Crippen molar-refractivity contribution < 1.29 is 4.79 Å². The van der Waals surface area contributed by atoms with Crippen molar-refractivity contribution in [1.29, 1.82) is 0 Å². The fraction of sp³-hybridized carbons (Fsp3) is 0.583. The molecule has 16 heavy (non-hydrogen) atoms. The molecule has 0 aliphatic rings. The molecule has 0 bridgehead atoms. The quantitative estimate of drug-likeness (QED) is 0.824. The first-order valence-electron chi connectivity index (χ1n) is 5.59. The standard InChI is InChI=1S/C12H20N2OS/c1-8(2)11(13)12(15)14-9(3)7-10-5-4-6-16-10/h4-6,8-9,11H,7,13H2,1-3H3,(H,14,15)/t9?,11-/m0/s1. The minimum Gasteiger partial charge on any atom is -0.352 e. The van der Waals surface area contributed by atoms with Gasteiger partial charge in [-0.2, -0.15) is 0 Å². The van der Waals surface area contributed by atoms with Gasteiger partial charge in [-0.25, -0.2) is 0 Å². The highest BCUT2D eigenvalue weighted by atomic mass is 32.1. The second-order valence-corrected chi connectivity index (χ2v) is 5.50. The molecule has 0 aromatic carbocycles. The van der Waals surface area contributed by atoms with E-state index in [4.69, 9.17) is 5.73 Å². The minimum atomic E-state index is -0.411. The molecular formula is C12H20N2OS. The van der Waals surface area contributed by atoms with E-state index in [0.717, 1.165) is 6.42 Å². The molecule has 1 aromatic rings. The molecular weight excluding hydrogens is 220 g/mol. The molecule has 0 saturated heterocycles. The first-order chi connectivity index (χ1) is 7.50. The van der Waals surface area contributed by atoms with Crippen LogP contribution in [-0.2, 0) is 11.2 Å². The van der Waals surface area contributed by atoms with Crippen molar-refractivity contribution >= 4 is 17.2 Å². The van der Waals surface area contributed by atoms with Crippen LogP contribution in [0.3, 0.4) is 0 Å². The molecule has 2 atom stereocenters. The number of carbonyl (C=O) groups is 1. The Bertz CT molecular complexity index is 322. The van der Waals surface area contributed by atoms with Gasteiger partial charge in [0, 0.05) is 17.3 Å². The van der Waals surface area contributed by atoms with Gasteiger partial charge in [-0.3, -0.25) is 4.79 Å². The van der Waals surface area contributed by atoms with Gasteiger partial charge in [0.1, 0.15) is 0 Å². The van der Waals surface area contributed by atoms with Crippen molar-refractivity contribution in [3.05, 3.63) is 22.4 Å². The van der Waals surface area contributed by atoms with E-state index in [9.17, 15) is 4.79 Å². The molecule has 0 aliphatic heterocycles. The van der Waals surface area contributed by atoms with E-state index in [2.05, 4.69) is 11.4 Å². The second kappa shape index (κ2) is 6.01. The molecule has 3 nitrogen and oxygen atoms in total. The van der Waals surface area contributed by atoms with Crippen LogP contribution < -0.4 is 11.1 Å². The molecule has 4 heteroatoms. The number of rotatable bonds is 5. The SMILES string of the molecule is CC(Cc1cccs1)NC(=O)[C@@H](N)C(C)C. The van der Waals surface area contributed by atoms with Gasteiger partial charge in [-0.05, 0) is 24.3 Å². The summed E-state index contributed by atoms with van der Waals surface area (Å²) in [7, 11) is 0. The molecule has 0 aliphatic carbocycles. The Morgan fingerprint density at radius 1 is 1.50 bits per heavy atom. The topological polar surface area (TPSA) is 55.1 Å². The van der Waals surface area contributed by atoms with Crippen LogP contribution in [0.2, 0.25) is 0 Å². The maximum Gasteiger partial charge on any atom is 0.237 e. The average Bonchev–Trinajstić information content (AvgIpc) is 2.68. The van der Waals surface area contributed by atoms with Crippen LogP contribution in [0.5, 0.6) is 0 Å². The molecule has 0 radical (unpaired) electrons. The third-order valence-corrected chi connectivity index (χ3v) is 3.40. The summed E-state index contributed by atoms with van der Waals surface area (Å²) in [6.45, 7) is 5.91. The molecule has 0 fully saturated rings. The van der Waals surface area contributed by atoms with E-state index in [-0.39, 0.29) is 17.9 Å². The Labute approximate surface area is 101 Å². The number of hydrogen-bond acceptors (Lipinski definition) is 3. The van der Waals surface area contributed by atoms with Crippen molar-refractivity contribution in [2.75, 3.05) is 0 Å². The lowest BCUT2D eigenvalue weighted by molar-refractivity contribution is -0.123. The molecule has 0 spiro atoms. The zero-order valence-corrected chi connectivity index (χ0v) is 10.9. The molecule has 1 unspecified atom stereocenters. The van der Waals surface area contributed by atoms with E-state index in [1.54, 1.807) is 11.3 Å². The predicted octanol–water partition coefficient (Wildman–Crippen LogP) is 1.78. The second-order valence-electron chi connectivity index (χ2n) is 4.46. The summed E-state index contributed by atoms with van der Waals surface area (Å²) in [5.41, 5.74) is 5.77. The minimum absolute atomic E-state index is 0.0564. The van der Waals surface area contributed by atoms with Gasteiger partial charge in [0.25, 0.3) is 0 Å². The largest absolute Gasteiger partial charge is 0.352 e. The lowest BCUT2D eigenvalue weighted by Crippen LogP contribution is -2.47. The molecule has 1 amide bonds. The zero-order chi connectivity index (χ0) is 12.1. The van der Waals surface area contributed by atoms with Gasteiger partial charge in [0.2, 0.25) is 5.91 Å². The Morgan fingerprint density at radius 3 is 2.69 bits per heavy atom. The van der Waals surface area contributed by atoms with E-state index >= 15 is 0 Å². The fourth-order valence-electron chi connectivity index (χ4n) is 1.42. The summed E-state index contributed by atoms with van der Waals surface area (Å²) < 4.78 is 0. The number of hydrogen-bond donors (Lipinski definition) is 2. The summed E-state index contributed by atoms with van der Waals surface area (Å²) in [4.78, 5) is 13.0. The van der Waals surface area contributed by atoms with Crippen LogP contribution in [0.4, 0.5) is 0 Å². The van der Waals surface area contributed by atoms with Crippen molar-refractivity contribution in [2.24, 2.45) is 11.7 Å². The Kier molecular flexibility index (Phi) is 4.96. The molecule has 1 heterocycles. The van der Waals surface area contributed by atoms with Crippen LogP contribution in [0.25, 0.3) is 0 Å². The van der Waals surface area contributed by atoms with E-state index in [1.807, 2.05) is 32.2 Å². The van der Waals surface area contributed by atoms with Gasteiger partial charge in [0.15, 0.2) is 0 Å². The normalized spacial score (nSPS) is 14.8.